The van der Waals surface area contributed by atoms with Crippen LogP contribution in [0.2, 0.25) is 0 Å². The highest BCUT2D eigenvalue weighted by Crippen LogP contribution is 2.35. The lowest BCUT2D eigenvalue weighted by Gasteiger charge is -2.12. The first-order valence-corrected chi connectivity index (χ1v) is 4.63. The molecule has 0 aromatic heterocycles. The van der Waals surface area contributed by atoms with E-state index in [-0.39, 0.29) is 5.56 Å². The molecule has 7 heteroatoms. The van der Waals surface area contributed by atoms with E-state index in [2.05, 4.69) is 11.7 Å². The van der Waals surface area contributed by atoms with Gasteiger partial charge in [0.05, 0.1) is 11.5 Å². The third-order valence-electron chi connectivity index (χ3n) is 2.09. The van der Waals surface area contributed by atoms with E-state index in [0.29, 0.717) is 0 Å². The van der Waals surface area contributed by atoms with Gasteiger partial charge in [-0.2, -0.15) is 8.78 Å². The maximum absolute atomic E-state index is 12.1. The molecule has 1 radical (unpaired) electrons. The quantitative estimate of drug-likeness (QED) is 0.637. The van der Waals surface area contributed by atoms with Crippen molar-refractivity contribution in [3.8, 4) is 5.75 Å². The normalized spacial score (nSPS) is 12.5. The average molecular weight is 246 g/mol. The van der Waals surface area contributed by atoms with Crippen LogP contribution in [0.1, 0.15) is 11.5 Å². The summed E-state index contributed by atoms with van der Waals surface area (Å²) in [6, 6.07) is 3.73. The highest BCUT2D eigenvalue weighted by atomic mass is 19.3. The Bertz CT molecular complexity index is 411. The lowest BCUT2D eigenvalue weighted by Crippen LogP contribution is -2.08. The van der Waals surface area contributed by atoms with Crippen LogP contribution in [0.4, 0.5) is 14.5 Å². The molecule has 0 aliphatic carbocycles. The fraction of sp³-hybridized carbons (Fsp3) is 0.300. The number of aliphatic hydroxyl groups excluding tert-OH is 1. The zero-order valence-electron chi connectivity index (χ0n) is 8.68. The minimum atomic E-state index is -3.15. The van der Waals surface area contributed by atoms with Gasteiger partial charge in [0.25, 0.3) is 0 Å². The zero-order valence-corrected chi connectivity index (χ0v) is 8.68. The summed E-state index contributed by atoms with van der Waals surface area (Å²) in [4.78, 5) is 9.98. The van der Waals surface area contributed by atoms with Gasteiger partial charge >= 0.3 is 12.3 Å². The molecule has 1 aromatic carbocycles. The molecule has 0 saturated heterocycles. The summed E-state index contributed by atoms with van der Waals surface area (Å²) in [6.45, 7) is -0.0905. The first-order chi connectivity index (χ1) is 7.97. The molecule has 1 atom stereocenters. The van der Waals surface area contributed by atoms with Gasteiger partial charge in [-0.1, -0.05) is 12.1 Å². The van der Waals surface area contributed by atoms with E-state index in [0.717, 1.165) is 6.07 Å². The van der Waals surface area contributed by atoms with E-state index in [1.807, 2.05) is 0 Å². The number of hydrogen-bond donors (Lipinski definition) is 1. The number of benzene rings is 1. The van der Waals surface area contributed by atoms with Crippen LogP contribution >= 0.6 is 0 Å². The van der Waals surface area contributed by atoms with E-state index < -0.39 is 35.5 Å². The third kappa shape index (κ3) is 3.10. The summed E-state index contributed by atoms with van der Waals surface area (Å²) in [5.74, 6) is -1.32. The predicted octanol–water partition coefficient (Wildman–Crippen LogP) is 2.11. The maximum atomic E-state index is 12.1. The predicted molar refractivity (Wildman–Crippen MR) is 54.9 cm³/mol. The highest BCUT2D eigenvalue weighted by molar-refractivity contribution is 5.54. The van der Waals surface area contributed by atoms with E-state index in [4.69, 9.17) is 5.11 Å². The minimum Gasteiger partial charge on any atom is -0.427 e. The van der Waals surface area contributed by atoms with Crippen LogP contribution in [0.25, 0.3) is 0 Å². The number of hydrogen-bond acceptors (Lipinski definition) is 4. The number of halogens is 2. The van der Waals surface area contributed by atoms with Crippen LogP contribution in [-0.4, -0.2) is 23.2 Å². The van der Waals surface area contributed by atoms with Gasteiger partial charge in [0.1, 0.15) is 0 Å². The molecule has 0 bridgehead atoms. The first-order valence-electron chi connectivity index (χ1n) is 4.63. The number of ether oxygens (including phenoxy) is 1. The molecule has 1 aromatic rings. The molecule has 1 N–H and O–H groups in total. The van der Waals surface area contributed by atoms with E-state index >= 15 is 0 Å². The van der Waals surface area contributed by atoms with Crippen molar-refractivity contribution >= 4 is 5.69 Å². The van der Waals surface area contributed by atoms with Crippen LogP contribution in [0.15, 0.2) is 18.2 Å². The lowest BCUT2D eigenvalue weighted by molar-refractivity contribution is -0.387. The highest BCUT2D eigenvalue weighted by Gasteiger charge is 2.25. The van der Waals surface area contributed by atoms with Gasteiger partial charge in [0.15, 0.2) is 0 Å². The van der Waals surface area contributed by atoms with Crippen LogP contribution in [0.3, 0.4) is 0 Å². The van der Waals surface area contributed by atoms with Gasteiger partial charge in [-0.05, 0) is 13.0 Å². The van der Waals surface area contributed by atoms with Gasteiger partial charge < -0.3 is 9.84 Å². The minimum absolute atomic E-state index is 0.0515. The number of nitrogens with zero attached hydrogens (tertiary/aromatic N) is 1. The molecule has 0 amide bonds. The molecular formula is C10H10F2NO4. The van der Waals surface area contributed by atoms with Gasteiger partial charge in [-0.25, -0.2) is 0 Å². The second kappa shape index (κ2) is 5.53. The van der Waals surface area contributed by atoms with Crippen molar-refractivity contribution in [1.82, 2.24) is 0 Å². The molecule has 17 heavy (non-hydrogen) atoms. The maximum Gasteiger partial charge on any atom is 0.387 e. The molecule has 1 rings (SSSR count). The summed E-state index contributed by atoms with van der Waals surface area (Å²) in [6.07, 6.45) is 0. The van der Waals surface area contributed by atoms with Crippen LogP contribution in [0.5, 0.6) is 5.75 Å². The lowest BCUT2D eigenvalue weighted by atomic mass is 10.00. The summed E-state index contributed by atoms with van der Waals surface area (Å²) >= 11 is 0. The van der Waals surface area contributed by atoms with Crippen molar-refractivity contribution in [2.75, 3.05) is 6.61 Å². The molecule has 0 aliphatic heterocycles. The fourth-order valence-corrected chi connectivity index (χ4v) is 1.35. The number of aliphatic hydroxyl groups is 1. The summed E-state index contributed by atoms with van der Waals surface area (Å²) in [5.41, 5.74) is -0.544. The van der Waals surface area contributed by atoms with Crippen molar-refractivity contribution in [2.24, 2.45) is 0 Å². The Labute approximate surface area is 95.8 Å². The van der Waals surface area contributed by atoms with Crippen molar-refractivity contribution < 1.29 is 23.5 Å². The van der Waals surface area contributed by atoms with E-state index in [1.165, 1.54) is 12.1 Å². The van der Waals surface area contributed by atoms with Crippen LogP contribution in [-0.2, 0) is 0 Å². The topological polar surface area (TPSA) is 72.6 Å². The molecular weight excluding hydrogens is 236 g/mol. The fourth-order valence-electron chi connectivity index (χ4n) is 1.35. The van der Waals surface area contributed by atoms with Crippen molar-refractivity contribution in [3.05, 3.63) is 40.8 Å². The smallest absolute Gasteiger partial charge is 0.387 e. The second-order valence-electron chi connectivity index (χ2n) is 3.21. The first kappa shape index (κ1) is 13.3. The summed E-state index contributed by atoms with van der Waals surface area (Å²) < 4.78 is 28.2. The number of alkyl halides is 2. The number of rotatable bonds is 5. The molecule has 0 spiro atoms. The molecule has 1 unspecified atom stereocenters. The molecule has 0 fully saturated rings. The Morgan fingerprint density at radius 1 is 1.53 bits per heavy atom. The summed E-state index contributed by atoms with van der Waals surface area (Å²) in [7, 11) is 0. The van der Waals surface area contributed by atoms with E-state index in [9.17, 15) is 18.9 Å². The van der Waals surface area contributed by atoms with Crippen molar-refractivity contribution in [3.63, 3.8) is 0 Å². The number of para-hydroxylation sites is 1. The van der Waals surface area contributed by atoms with Crippen LogP contribution in [0, 0.1) is 17.0 Å². The van der Waals surface area contributed by atoms with Gasteiger partial charge in [-0.15, -0.1) is 0 Å². The van der Waals surface area contributed by atoms with Crippen molar-refractivity contribution in [2.45, 2.75) is 12.5 Å². The Morgan fingerprint density at radius 2 is 2.18 bits per heavy atom. The Hall–Kier alpha value is -1.76. The SMILES string of the molecule is [CH2]C(CO)c1cccc(OC(F)F)c1[N+](=O)[O-]. The number of nitro benzene ring substituents is 1. The zero-order chi connectivity index (χ0) is 13.0. The Kier molecular flexibility index (Phi) is 4.33. The Morgan fingerprint density at radius 3 is 2.65 bits per heavy atom. The molecule has 0 heterocycles. The summed E-state index contributed by atoms with van der Waals surface area (Å²) in [5, 5.41) is 19.7. The molecule has 0 aliphatic rings. The van der Waals surface area contributed by atoms with Crippen LogP contribution < -0.4 is 4.74 Å². The standard InChI is InChI=1S/C10H10F2NO4/c1-6(5-14)7-3-2-4-8(17-10(11)12)9(7)13(15)16/h2-4,6,10,14H,1,5H2. The Balaban J connectivity index is 3.26. The monoisotopic (exact) mass is 246 g/mol. The third-order valence-corrected chi connectivity index (χ3v) is 2.09. The van der Waals surface area contributed by atoms with Gasteiger partial charge in [-0.3, -0.25) is 10.1 Å². The largest absolute Gasteiger partial charge is 0.427 e. The molecule has 0 saturated carbocycles. The average Bonchev–Trinajstić information content (AvgIpc) is 2.26. The number of nitro groups is 1. The van der Waals surface area contributed by atoms with Gasteiger partial charge in [0.2, 0.25) is 5.75 Å². The van der Waals surface area contributed by atoms with Crippen molar-refractivity contribution in [1.29, 1.82) is 0 Å². The molecule has 93 valence electrons. The molecule has 5 nitrogen and oxygen atoms in total. The second-order valence-corrected chi connectivity index (χ2v) is 3.21. The van der Waals surface area contributed by atoms with Gasteiger partial charge in [0, 0.05) is 11.5 Å². The van der Waals surface area contributed by atoms with E-state index in [1.54, 1.807) is 0 Å².